The topological polar surface area (TPSA) is 33.4 Å². The van der Waals surface area contributed by atoms with Crippen molar-refractivity contribution in [2.75, 3.05) is 0 Å². The summed E-state index contributed by atoms with van der Waals surface area (Å²) in [4.78, 5) is 0. The van der Waals surface area contributed by atoms with E-state index in [2.05, 4.69) is 20.8 Å². The lowest BCUT2D eigenvalue weighted by molar-refractivity contribution is -0.163. The van der Waals surface area contributed by atoms with Crippen LogP contribution in [0, 0.1) is 16.7 Å². The van der Waals surface area contributed by atoms with E-state index >= 15 is 0 Å². The lowest BCUT2D eigenvalue weighted by Gasteiger charge is -2.49. The minimum absolute atomic E-state index is 0.0149. The highest BCUT2D eigenvalue weighted by atomic mass is 16.4. The van der Waals surface area contributed by atoms with Crippen LogP contribution in [0.4, 0.5) is 0 Å². The Hall–Kier alpha value is -0.760. The van der Waals surface area contributed by atoms with Gasteiger partial charge < -0.3 is 9.52 Å². The van der Waals surface area contributed by atoms with E-state index in [0.29, 0.717) is 5.92 Å². The van der Waals surface area contributed by atoms with Crippen molar-refractivity contribution < 1.29 is 9.52 Å². The summed E-state index contributed by atoms with van der Waals surface area (Å²) in [7, 11) is 0. The van der Waals surface area contributed by atoms with Crippen molar-refractivity contribution in [2.24, 2.45) is 16.7 Å². The van der Waals surface area contributed by atoms with Gasteiger partial charge in [0.25, 0.3) is 0 Å². The highest BCUT2D eigenvalue weighted by molar-refractivity contribution is 5.26. The van der Waals surface area contributed by atoms with Gasteiger partial charge >= 0.3 is 0 Å². The van der Waals surface area contributed by atoms with Crippen molar-refractivity contribution in [3.05, 3.63) is 24.2 Å². The van der Waals surface area contributed by atoms with Crippen LogP contribution in [-0.2, 0) is 5.60 Å². The molecule has 1 N–H and O–H groups in total. The molecule has 1 aromatic heterocycles. The third-order valence-corrected chi connectivity index (χ3v) is 5.45. The third-order valence-electron chi connectivity index (χ3n) is 5.45. The highest BCUT2D eigenvalue weighted by Gasteiger charge is 2.70. The summed E-state index contributed by atoms with van der Waals surface area (Å²) in [6, 6.07) is 3.80. The number of rotatable bonds is 1. The molecule has 2 saturated carbocycles. The zero-order chi connectivity index (χ0) is 11.6. The van der Waals surface area contributed by atoms with E-state index in [1.807, 2.05) is 12.1 Å². The first-order valence-corrected chi connectivity index (χ1v) is 6.18. The molecular formula is C14H20O2. The number of furan rings is 1. The first kappa shape index (κ1) is 10.4. The van der Waals surface area contributed by atoms with Crippen LogP contribution >= 0.6 is 0 Å². The second kappa shape index (κ2) is 2.73. The Morgan fingerprint density at radius 3 is 2.62 bits per heavy atom. The van der Waals surface area contributed by atoms with E-state index in [4.69, 9.17) is 4.42 Å². The molecular weight excluding hydrogens is 200 g/mol. The van der Waals surface area contributed by atoms with E-state index in [-0.39, 0.29) is 10.8 Å². The molecule has 88 valence electrons. The van der Waals surface area contributed by atoms with Gasteiger partial charge in [0.05, 0.1) is 6.26 Å². The maximum absolute atomic E-state index is 11.2. The normalized spacial score (nSPS) is 45.1. The van der Waals surface area contributed by atoms with E-state index in [9.17, 15) is 5.11 Å². The molecule has 1 heterocycles. The maximum atomic E-state index is 11.2. The predicted octanol–water partition coefficient (Wildman–Crippen LogP) is 3.31. The minimum Gasteiger partial charge on any atom is -0.466 e. The van der Waals surface area contributed by atoms with Gasteiger partial charge in [-0.1, -0.05) is 20.8 Å². The summed E-state index contributed by atoms with van der Waals surface area (Å²) in [6.07, 6.45) is 5.14. The smallest absolute Gasteiger partial charge is 0.136 e. The largest absolute Gasteiger partial charge is 0.466 e. The summed E-state index contributed by atoms with van der Waals surface area (Å²) in [5.74, 6) is 1.37. The number of hydrogen-bond acceptors (Lipinski definition) is 2. The summed E-state index contributed by atoms with van der Waals surface area (Å²) < 4.78 is 5.52. The Morgan fingerprint density at radius 2 is 2.12 bits per heavy atom. The Morgan fingerprint density at radius 1 is 1.38 bits per heavy atom. The molecule has 2 heteroatoms. The standard InChI is InChI=1S/C14H20O2/c1-12(2)10-6-7-13(3,9-10)14(12,15)11-5-4-8-16-11/h4-5,8,10,15H,6-7,9H2,1-3H3. The Bertz CT molecular complexity index is 400. The van der Waals surface area contributed by atoms with Gasteiger partial charge in [0.2, 0.25) is 0 Å². The number of aliphatic hydroxyl groups is 1. The van der Waals surface area contributed by atoms with Gasteiger partial charge in [-0.3, -0.25) is 0 Å². The molecule has 2 aliphatic rings. The molecule has 1 aromatic rings. The average molecular weight is 220 g/mol. The van der Waals surface area contributed by atoms with Crippen molar-refractivity contribution in [3.63, 3.8) is 0 Å². The second-order valence-electron chi connectivity index (χ2n) is 6.41. The molecule has 3 rings (SSSR count). The molecule has 2 nitrogen and oxygen atoms in total. The molecule has 2 bridgehead atoms. The average Bonchev–Trinajstić information content (AvgIpc) is 2.86. The van der Waals surface area contributed by atoms with Crippen LogP contribution in [0.15, 0.2) is 22.8 Å². The van der Waals surface area contributed by atoms with Crippen LogP contribution in [0.25, 0.3) is 0 Å². The summed E-state index contributed by atoms with van der Waals surface area (Å²) in [5, 5.41) is 11.2. The van der Waals surface area contributed by atoms with Crippen molar-refractivity contribution in [3.8, 4) is 0 Å². The van der Waals surface area contributed by atoms with Gasteiger partial charge in [-0.25, -0.2) is 0 Å². The molecule has 0 spiro atoms. The molecule has 0 radical (unpaired) electrons. The first-order valence-electron chi connectivity index (χ1n) is 6.18. The fourth-order valence-electron chi connectivity index (χ4n) is 4.36. The number of hydrogen-bond donors (Lipinski definition) is 1. The van der Waals surface area contributed by atoms with Gasteiger partial charge in [-0.2, -0.15) is 0 Å². The van der Waals surface area contributed by atoms with Crippen LogP contribution in [0.3, 0.4) is 0 Å². The first-order chi connectivity index (χ1) is 7.42. The Kier molecular flexibility index (Phi) is 1.77. The van der Waals surface area contributed by atoms with Crippen LogP contribution in [0.2, 0.25) is 0 Å². The van der Waals surface area contributed by atoms with Crippen molar-refractivity contribution in [1.82, 2.24) is 0 Å². The summed E-state index contributed by atoms with van der Waals surface area (Å²) >= 11 is 0. The molecule has 16 heavy (non-hydrogen) atoms. The lowest BCUT2D eigenvalue weighted by atomic mass is 9.59. The minimum atomic E-state index is -0.799. The van der Waals surface area contributed by atoms with E-state index in [1.165, 1.54) is 6.42 Å². The van der Waals surface area contributed by atoms with Gasteiger partial charge in [0.1, 0.15) is 11.4 Å². The highest BCUT2D eigenvalue weighted by Crippen LogP contribution is 2.71. The summed E-state index contributed by atoms with van der Waals surface area (Å²) in [6.45, 7) is 6.58. The monoisotopic (exact) mass is 220 g/mol. The Labute approximate surface area is 96.7 Å². The third kappa shape index (κ3) is 0.889. The van der Waals surface area contributed by atoms with Crippen molar-refractivity contribution >= 4 is 0 Å². The molecule has 2 fully saturated rings. The van der Waals surface area contributed by atoms with Crippen LogP contribution in [0.1, 0.15) is 45.8 Å². The SMILES string of the molecule is CC12CCC(C1)C(C)(C)C2(O)c1ccco1. The fourth-order valence-corrected chi connectivity index (χ4v) is 4.36. The van der Waals surface area contributed by atoms with Gasteiger partial charge in [0, 0.05) is 10.8 Å². The van der Waals surface area contributed by atoms with Crippen molar-refractivity contribution in [2.45, 2.75) is 45.6 Å². The van der Waals surface area contributed by atoms with Gasteiger partial charge in [-0.05, 0) is 37.3 Å². The molecule has 3 atom stereocenters. The lowest BCUT2D eigenvalue weighted by Crippen LogP contribution is -2.51. The van der Waals surface area contributed by atoms with Crippen LogP contribution < -0.4 is 0 Å². The molecule has 3 unspecified atom stereocenters. The second-order valence-corrected chi connectivity index (χ2v) is 6.41. The predicted molar refractivity (Wildman–Crippen MR) is 61.8 cm³/mol. The molecule has 0 amide bonds. The molecule has 0 aliphatic heterocycles. The van der Waals surface area contributed by atoms with Crippen LogP contribution in [-0.4, -0.2) is 5.11 Å². The molecule has 0 aromatic carbocycles. The quantitative estimate of drug-likeness (QED) is 0.787. The summed E-state index contributed by atoms with van der Waals surface area (Å²) in [5.41, 5.74) is -0.900. The van der Waals surface area contributed by atoms with E-state index in [0.717, 1.165) is 18.6 Å². The molecule has 2 aliphatic carbocycles. The zero-order valence-electron chi connectivity index (χ0n) is 10.3. The fraction of sp³-hybridized carbons (Fsp3) is 0.714. The Balaban J connectivity index is 2.19. The van der Waals surface area contributed by atoms with E-state index < -0.39 is 5.60 Å². The van der Waals surface area contributed by atoms with Gasteiger partial charge in [0.15, 0.2) is 0 Å². The molecule has 0 saturated heterocycles. The van der Waals surface area contributed by atoms with Crippen molar-refractivity contribution in [1.29, 1.82) is 0 Å². The zero-order valence-corrected chi connectivity index (χ0v) is 10.3. The van der Waals surface area contributed by atoms with Gasteiger partial charge in [-0.15, -0.1) is 0 Å². The van der Waals surface area contributed by atoms with Crippen LogP contribution in [0.5, 0.6) is 0 Å². The van der Waals surface area contributed by atoms with E-state index in [1.54, 1.807) is 6.26 Å². The maximum Gasteiger partial charge on any atom is 0.136 e. The number of fused-ring (bicyclic) bond motifs is 2.